The van der Waals surface area contributed by atoms with Gasteiger partial charge < -0.3 is 4.74 Å². The number of fused-ring (bicyclic) bond motifs is 1. The van der Waals surface area contributed by atoms with E-state index >= 15 is 0 Å². The normalized spacial score (nSPS) is 51.4. The van der Waals surface area contributed by atoms with Crippen LogP contribution in [0.4, 0.5) is 0 Å². The zero-order valence-electron chi connectivity index (χ0n) is 5.26. The second kappa shape index (κ2) is 1.47. The van der Waals surface area contributed by atoms with Crippen LogP contribution in [-0.2, 0) is 4.74 Å². The number of ether oxygens (including phenoxy) is 1. The lowest BCUT2D eigenvalue weighted by molar-refractivity contribution is 0.150. The molecule has 2 fully saturated rings. The lowest BCUT2D eigenvalue weighted by Crippen LogP contribution is -1.95. The Labute approximate surface area is 50.0 Å². The van der Waals surface area contributed by atoms with Gasteiger partial charge >= 0.3 is 0 Å². The van der Waals surface area contributed by atoms with E-state index in [9.17, 15) is 0 Å². The summed E-state index contributed by atoms with van der Waals surface area (Å²) in [5.74, 6) is 2.99. The third kappa shape index (κ3) is 0.455. The molecule has 0 spiro atoms. The van der Waals surface area contributed by atoms with Crippen molar-refractivity contribution < 1.29 is 4.74 Å². The fourth-order valence-electron chi connectivity index (χ4n) is 1.96. The van der Waals surface area contributed by atoms with Gasteiger partial charge in [0.25, 0.3) is 0 Å². The summed E-state index contributed by atoms with van der Waals surface area (Å²) in [4.78, 5) is 0. The zero-order chi connectivity index (χ0) is 5.56. The topological polar surface area (TPSA) is 9.23 Å². The molecule has 2 atom stereocenters. The van der Waals surface area contributed by atoms with Crippen molar-refractivity contribution in [3.63, 3.8) is 0 Å². The van der Waals surface area contributed by atoms with Crippen LogP contribution in [0.5, 0.6) is 0 Å². The molecular weight excluding hydrogens is 100 g/mol. The molecule has 0 aromatic rings. The summed E-state index contributed by atoms with van der Waals surface area (Å²) in [5, 5.41) is 0. The number of rotatable bonds is 1. The quantitative estimate of drug-likeness (QED) is 0.496. The molecule has 1 nitrogen and oxygen atoms in total. The molecule has 0 aromatic heterocycles. The largest absolute Gasteiger partial charge is 0.381 e. The lowest BCUT2D eigenvalue weighted by atomic mass is 10.2. The molecule has 0 radical (unpaired) electrons. The maximum atomic E-state index is 5.24. The van der Waals surface area contributed by atoms with Crippen LogP contribution in [0, 0.1) is 17.8 Å². The van der Waals surface area contributed by atoms with Crippen molar-refractivity contribution in [2.45, 2.75) is 13.3 Å². The zero-order valence-corrected chi connectivity index (χ0v) is 5.26. The van der Waals surface area contributed by atoms with E-state index in [2.05, 4.69) is 6.92 Å². The average molecular weight is 112 g/mol. The minimum absolute atomic E-state index is 0.972. The molecule has 2 aliphatic rings. The molecule has 8 heavy (non-hydrogen) atoms. The Bertz CT molecular complexity index is 83.8. The minimum Gasteiger partial charge on any atom is -0.381 e. The van der Waals surface area contributed by atoms with Gasteiger partial charge in [0, 0.05) is 0 Å². The van der Waals surface area contributed by atoms with Crippen LogP contribution < -0.4 is 0 Å². The average Bonchev–Trinajstić information content (AvgIpc) is 2.22. The summed E-state index contributed by atoms with van der Waals surface area (Å²) >= 11 is 0. The van der Waals surface area contributed by atoms with Crippen LogP contribution in [-0.4, -0.2) is 13.2 Å². The fraction of sp³-hybridized carbons (Fsp3) is 1.00. The Hall–Kier alpha value is -0.0400. The van der Waals surface area contributed by atoms with E-state index in [0.717, 1.165) is 31.0 Å². The van der Waals surface area contributed by atoms with Crippen LogP contribution >= 0.6 is 0 Å². The maximum absolute atomic E-state index is 5.24. The molecule has 2 rings (SSSR count). The molecule has 1 saturated heterocycles. The van der Waals surface area contributed by atoms with Gasteiger partial charge in [-0.05, 0) is 17.8 Å². The highest BCUT2D eigenvalue weighted by molar-refractivity contribution is 4.99. The van der Waals surface area contributed by atoms with Gasteiger partial charge in [-0.2, -0.15) is 0 Å². The van der Waals surface area contributed by atoms with Crippen molar-refractivity contribution in [2.24, 2.45) is 17.8 Å². The number of hydrogen-bond donors (Lipinski definition) is 0. The smallest absolute Gasteiger partial charge is 0.0500 e. The Balaban J connectivity index is 1.94. The summed E-state index contributed by atoms with van der Waals surface area (Å²) in [6.45, 7) is 4.40. The first-order chi connectivity index (χ1) is 3.93. The standard InChI is InChI=1S/C7H12O/c1-2-5-6-3-8-4-7(5)6/h5-7H,2-4H2,1H3. The summed E-state index contributed by atoms with van der Waals surface area (Å²) in [6.07, 6.45) is 1.37. The highest BCUT2D eigenvalue weighted by Crippen LogP contribution is 2.52. The van der Waals surface area contributed by atoms with Crippen molar-refractivity contribution in [1.29, 1.82) is 0 Å². The van der Waals surface area contributed by atoms with Crippen LogP contribution in [0.1, 0.15) is 13.3 Å². The highest BCUT2D eigenvalue weighted by Gasteiger charge is 2.52. The molecule has 1 aliphatic heterocycles. The van der Waals surface area contributed by atoms with Crippen molar-refractivity contribution in [3.8, 4) is 0 Å². The van der Waals surface area contributed by atoms with E-state index in [0.29, 0.717) is 0 Å². The van der Waals surface area contributed by atoms with E-state index in [-0.39, 0.29) is 0 Å². The Kier molecular flexibility index (Phi) is 0.884. The molecule has 2 unspecified atom stereocenters. The van der Waals surface area contributed by atoms with E-state index in [1.165, 1.54) is 6.42 Å². The lowest BCUT2D eigenvalue weighted by Gasteiger charge is -1.97. The maximum Gasteiger partial charge on any atom is 0.0500 e. The van der Waals surface area contributed by atoms with Crippen molar-refractivity contribution in [3.05, 3.63) is 0 Å². The first-order valence-corrected chi connectivity index (χ1v) is 3.51. The van der Waals surface area contributed by atoms with Gasteiger partial charge in [-0.1, -0.05) is 13.3 Å². The molecular formula is C7H12O. The van der Waals surface area contributed by atoms with E-state index < -0.39 is 0 Å². The van der Waals surface area contributed by atoms with Crippen LogP contribution in [0.3, 0.4) is 0 Å². The van der Waals surface area contributed by atoms with Crippen LogP contribution in [0.25, 0.3) is 0 Å². The van der Waals surface area contributed by atoms with Crippen LogP contribution in [0.2, 0.25) is 0 Å². The molecule has 1 heteroatoms. The van der Waals surface area contributed by atoms with Gasteiger partial charge in [0.15, 0.2) is 0 Å². The third-order valence-electron chi connectivity index (χ3n) is 2.60. The van der Waals surface area contributed by atoms with E-state index in [1.54, 1.807) is 0 Å². The second-order valence-corrected chi connectivity index (χ2v) is 2.94. The summed E-state index contributed by atoms with van der Waals surface area (Å²) in [6, 6.07) is 0. The predicted molar refractivity (Wildman–Crippen MR) is 31.6 cm³/mol. The summed E-state index contributed by atoms with van der Waals surface area (Å²) < 4.78 is 5.24. The minimum atomic E-state index is 0.972. The monoisotopic (exact) mass is 112 g/mol. The first-order valence-electron chi connectivity index (χ1n) is 3.51. The second-order valence-electron chi connectivity index (χ2n) is 2.94. The van der Waals surface area contributed by atoms with Gasteiger partial charge in [0.05, 0.1) is 13.2 Å². The summed E-state index contributed by atoms with van der Waals surface area (Å²) in [5.41, 5.74) is 0. The van der Waals surface area contributed by atoms with Crippen molar-refractivity contribution >= 4 is 0 Å². The molecule has 0 amide bonds. The fourth-order valence-corrected chi connectivity index (χ4v) is 1.96. The predicted octanol–water partition coefficient (Wildman–Crippen LogP) is 1.29. The molecule has 0 N–H and O–H groups in total. The van der Waals surface area contributed by atoms with Gasteiger partial charge in [0.1, 0.15) is 0 Å². The highest BCUT2D eigenvalue weighted by atomic mass is 16.5. The molecule has 1 heterocycles. The Morgan fingerprint density at radius 3 is 2.38 bits per heavy atom. The van der Waals surface area contributed by atoms with E-state index in [4.69, 9.17) is 4.74 Å². The third-order valence-corrected chi connectivity index (χ3v) is 2.60. The van der Waals surface area contributed by atoms with Gasteiger partial charge in [-0.15, -0.1) is 0 Å². The molecule has 1 aliphatic carbocycles. The molecule has 1 saturated carbocycles. The Morgan fingerprint density at radius 2 is 2.00 bits per heavy atom. The van der Waals surface area contributed by atoms with Crippen LogP contribution in [0.15, 0.2) is 0 Å². The van der Waals surface area contributed by atoms with Gasteiger partial charge in [-0.25, -0.2) is 0 Å². The number of hydrogen-bond acceptors (Lipinski definition) is 1. The van der Waals surface area contributed by atoms with Gasteiger partial charge in [0.2, 0.25) is 0 Å². The SMILES string of the molecule is CCC1C2COCC12. The van der Waals surface area contributed by atoms with Crippen molar-refractivity contribution in [1.82, 2.24) is 0 Å². The Morgan fingerprint density at radius 1 is 1.38 bits per heavy atom. The summed E-state index contributed by atoms with van der Waals surface area (Å²) in [7, 11) is 0. The van der Waals surface area contributed by atoms with E-state index in [1.807, 2.05) is 0 Å². The van der Waals surface area contributed by atoms with Gasteiger partial charge in [-0.3, -0.25) is 0 Å². The first kappa shape index (κ1) is 4.80. The van der Waals surface area contributed by atoms with Crippen molar-refractivity contribution in [2.75, 3.05) is 13.2 Å². The molecule has 46 valence electrons. The molecule has 0 aromatic carbocycles. The molecule has 0 bridgehead atoms.